The second-order valence-corrected chi connectivity index (χ2v) is 4.46. The van der Waals surface area contributed by atoms with Gasteiger partial charge >= 0.3 is 11.8 Å². The van der Waals surface area contributed by atoms with Crippen molar-refractivity contribution in [2.45, 2.75) is 19.9 Å². The normalized spacial score (nSPS) is 11.8. The number of rotatable bonds is 3. The molecule has 1 atom stereocenters. The molecule has 2 amide bonds. The molecule has 0 aliphatic carbocycles. The Labute approximate surface area is 120 Å². The summed E-state index contributed by atoms with van der Waals surface area (Å²) < 4.78 is 13.7. The van der Waals surface area contributed by atoms with Crippen LogP contribution < -0.4 is 10.6 Å². The molecule has 1 heterocycles. The fourth-order valence-corrected chi connectivity index (χ4v) is 1.68. The fraction of sp³-hybridized carbons (Fsp3) is 0.231. The van der Waals surface area contributed by atoms with Crippen molar-refractivity contribution in [3.63, 3.8) is 0 Å². The standard InChI is InChI=1S/C13H14FN5O2/c1-7-4-3-5-9(10(7)14)18-13(21)12(20)17-8(2)11-15-6-16-19-11/h3-6,8H,1-2H3,(H,17,20)(H,18,21)(H,15,16,19)/t8-/m0/s1. The Morgan fingerprint density at radius 1 is 1.33 bits per heavy atom. The molecule has 0 saturated heterocycles. The third-order valence-corrected chi connectivity index (χ3v) is 2.84. The number of amides is 2. The molecule has 21 heavy (non-hydrogen) atoms. The van der Waals surface area contributed by atoms with Crippen LogP contribution in [0.2, 0.25) is 0 Å². The van der Waals surface area contributed by atoms with E-state index in [9.17, 15) is 14.0 Å². The van der Waals surface area contributed by atoms with E-state index in [1.54, 1.807) is 26.0 Å². The van der Waals surface area contributed by atoms with E-state index in [0.717, 1.165) is 0 Å². The van der Waals surface area contributed by atoms with Crippen molar-refractivity contribution < 1.29 is 14.0 Å². The minimum atomic E-state index is -0.953. The number of hydrogen-bond donors (Lipinski definition) is 3. The predicted octanol–water partition coefficient (Wildman–Crippen LogP) is 1.07. The molecular weight excluding hydrogens is 277 g/mol. The second-order valence-electron chi connectivity index (χ2n) is 4.46. The molecule has 2 aromatic rings. The molecule has 3 N–H and O–H groups in total. The van der Waals surface area contributed by atoms with E-state index in [2.05, 4.69) is 25.8 Å². The van der Waals surface area contributed by atoms with Gasteiger partial charge in [-0.1, -0.05) is 12.1 Å². The number of carbonyl (C=O) groups excluding carboxylic acids is 2. The summed E-state index contributed by atoms with van der Waals surface area (Å²) in [5.74, 6) is -1.99. The number of carbonyl (C=O) groups is 2. The molecule has 0 unspecified atom stereocenters. The third kappa shape index (κ3) is 3.41. The highest BCUT2D eigenvalue weighted by molar-refractivity contribution is 6.39. The number of benzene rings is 1. The zero-order valence-electron chi connectivity index (χ0n) is 11.5. The van der Waals surface area contributed by atoms with Crippen molar-refractivity contribution in [1.29, 1.82) is 0 Å². The highest BCUT2D eigenvalue weighted by Crippen LogP contribution is 2.16. The Morgan fingerprint density at radius 3 is 2.76 bits per heavy atom. The average molecular weight is 291 g/mol. The summed E-state index contributed by atoms with van der Waals surface area (Å²) in [7, 11) is 0. The van der Waals surface area contributed by atoms with Gasteiger partial charge in [0, 0.05) is 0 Å². The minimum Gasteiger partial charge on any atom is -0.338 e. The van der Waals surface area contributed by atoms with Gasteiger partial charge in [0.15, 0.2) is 0 Å². The van der Waals surface area contributed by atoms with Gasteiger partial charge in [-0.2, -0.15) is 5.10 Å². The van der Waals surface area contributed by atoms with Crippen LogP contribution in [0.1, 0.15) is 24.4 Å². The highest BCUT2D eigenvalue weighted by atomic mass is 19.1. The first-order chi connectivity index (χ1) is 9.99. The lowest BCUT2D eigenvalue weighted by atomic mass is 10.2. The number of anilines is 1. The fourth-order valence-electron chi connectivity index (χ4n) is 1.68. The number of aryl methyl sites for hydroxylation is 1. The van der Waals surface area contributed by atoms with Crippen LogP contribution in [0.25, 0.3) is 0 Å². The molecule has 8 heteroatoms. The SMILES string of the molecule is Cc1cccc(NC(=O)C(=O)N[C@@H](C)c2ncn[nH]2)c1F. The molecule has 110 valence electrons. The number of aromatic amines is 1. The van der Waals surface area contributed by atoms with Crippen LogP contribution in [0.3, 0.4) is 0 Å². The molecule has 0 spiro atoms. The molecule has 0 aliphatic rings. The quantitative estimate of drug-likeness (QED) is 0.736. The van der Waals surface area contributed by atoms with Crippen molar-refractivity contribution in [3.8, 4) is 0 Å². The maximum absolute atomic E-state index is 13.7. The number of halogens is 1. The van der Waals surface area contributed by atoms with Gasteiger partial charge in [-0.25, -0.2) is 9.37 Å². The number of nitrogens with zero attached hydrogens (tertiary/aromatic N) is 2. The lowest BCUT2D eigenvalue weighted by Crippen LogP contribution is -2.37. The topological polar surface area (TPSA) is 99.8 Å². The van der Waals surface area contributed by atoms with E-state index < -0.39 is 23.7 Å². The van der Waals surface area contributed by atoms with Crippen molar-refractivity contribution in [1.82, 2.24) is 20.5 Å². The number of H-pyrrole nitrogens is 1. The maximum atomic E-state index is 13.7. The number of aromatic nitrogens is 3. The van der Waals surface area contributed by atoms with E-state index >= 15 is 0 Å². The van der Waals surface area contributed by atoms with Crippen molar-refractivity contribution in [2.24, 2.45) is 0 Å². The van der Waals surface area contributed by atoms with Gasteiger partial charge in [0.05, 0.1) is 11.7 Å². The van der Waals surface area contributed by atoms with Gasteiger partial charge in [0.25, 0.3) is 0 Å². The van der Waals surface area contributed by atoms with Gasteiger partial charge in [-0.05, 0) is 25.5 Å². The average Bonchev–Trinajstić information content (AvgIpc) is 2.98. The van der Waals surface area contributed by atoms with Gasteiger partial charge in [0.1, 0.15) is 18.0 Å². The molecule has 0 radical (unpaired) electrons. The van der Waals surface area contributed by atoms with Crippen LogP contribution in [0.5, 0.6) is 0 Å². The first-order valence-electron chi connectivity index (χ1n) is 6.21. The van der Waals surface area contributed by atoms with E-state index in [1.165, 1.54) is 12.4 Å². The van der Waals surface area contributed by atoms with E-state index in [1.807, 2.05) is 0 Å². The molecule has 7 nitrogen and oxygen atoms in total. The maximum Gasteiger partial charge on any atom is 0.313 e. The summed E-state index contributed by atoms with van der Waals surface area (Å²) in [4.78, 5) is 27.4. The predicted molar refractivity (Wildman–Crippen MR) is 72.7 cm³/mol. The summed E-state index contributed by atoms with van der Waals surface area (Å²) in [6, 6.07) is 4.01. The first kappa shape index (κ1) is 14.6. The van der Waals surface area contributed by atoms with Crippen molar-refractivity contribution >= 4 is 17.5 Å². The minimum absolute atomic E-state index is 0.0394. The van der Waals surface area contributed by atoms with Gasteiger partial charge in [-0.3, -0.25) is 14.7 Å². The summed E-state index contributed by atoms with van der Waals surface area (Å²) in [5.41, 5.74) is 0.339. The van der Waals surface area contributed by atoms with E-state index in [0.29, 0.717) is 11.4 Å². The Kier molecular flexibility index (Phi) is 4.27. The number of nitrogens with one attached hydrogen (secondary N) is 3. The summed E-state index contributed by atoms with van der Waals surface area (Å²) in [6.45, 7) is 3.20. The molecule has 1 aromatic heterocycles. The zero-order chi connectivity index (χ0) is 15.4. The highest BCUT2D eigenvalue weighted by Gasteiger charge is 2.19. The molecule has 2 rings (SSSR count). The van der Waals surface area contributed by atoms with Crippen LogP contribution in [-0.4, -0.2) is 27.0 Å². The third-order valence-electron chi connectivity index (χ3n) is 2.84. The van der Waals surface area contributed by atoms with Crippen molar-refractivity contribution in [2.75, 3.05) is 5.32 Å². The Morgan fingerprint density at radius 2 is 2.10 bits per heavy atom. The van der Waals surface area contributed by atoms with Gasteiger partial charge in [0.2, 0.25) is 0 Å². The molecule has 0 fully saturated rings. The lowest BCUT2D eigenvalue weighted by molar-refractivity contribution is -0.136. The molecule has 0 aliphatic heterocycles. The van der Waals surface area contributed by atoms with Gasteiger partial charge in [-0.15, -0.1) is 0 Å². The molecule has 0 bridgehead atoms. The zero-order valence-corrected chi connectivity index (χ0v) is 11.5. The second kappa shape index (κ2) is 6.12. The first-order valence-corrected chi connectivity index (χ1v) is 6.21. The van der Waals surface area contributed by atoms with Gasteiger partial charge < -0.3 is 10.6 Å². The largest absolute Gasteiger partial charge is 0.338 e. The molecule has 1 aromatic carbocycles. The van der Waals surface area contributed by atoms with Crippen LogP contribution in [0.15, 0.2) is 24.5 Å². The van der Waals surface area contributed by atoms with Crippen molar-refractivity contribution in [3.05, 3.63) is 41.7 Å². The summed E-state index contributed by atoms with van der Waals surface area (Å²) >= 11 is 0. The monoisotopic (exact) mass is 291 g/mol. The molecule has 0 saturated carbocycles. The van der Waals surface area contributed by atoms with Crippen LogP contribution in [-0.2, 0) is 9.59 Å². The lowest BCUT2D eigenvalue weighted by Gasteiger charge is -2.11. The van der Waals surface area contributed by atoms with Crippen LogP contribution in [0.4, 0.5) is 10.1 Å². The smallest absolute Gasteiger partial charge is 0.313 e. The Hall–Kier alpha value is -2.77. The van der Waals surface area contributed by atoms with E-state index in [4.69, 9.17) is 0 Å². The Bertz CT molecular complexity index is 657. The summed E-state index contributed by atoms with van der Waals surface area (Å²) in [6.07, 6.45) is 1.29. The Balaban J connectivity index is 2.00. The summed E-state index contributed by atoms with van der Waals surface area (Å²) in [5, 5.41) is 10.9. The number of hydrogen-bond acceptors (Lipinski definition) is 4. The van der Waals surface area contributed by atoms with E-state index in [-0.39, 0.29) is 5.69 Å². The van der Waals surface area contributed by atoms with Crippen LogP contribution in [0, 0.1) is 12.7 Å². The molecular formula is C13H14FN5O2. The van der Waals surface area contributed by atoms with Crippen LogP contribution >= 0.6 is 0 Å².